The Labute approximate surface area is 54.9 Å². The van der Waals surface area contributed by atoms with Crippen LogP contribution in [0.2, 0.25) is 0 Å². The van der Waals surface area contributed by atoms with Crippen LogP contribution in [0, 0.1) is 0 Å². The first-order valence-electron chi connectivity index (χ1n) is 3.30. The second-order valence-corrected chi connectivity index (χ2v) is 2.20. The number of rotatable bonds is 1. The molecule has 0 aliphatic carbocycles. The Hall–Kier alpha value is -0.790. The molecule has 0 fully saturated rings. The van der Waals surface area contributed by atoms with E-state index in [0.717, 1.165) is 19.4 Å². The van der Waals surface area contributed by atoms with Crippen LogP contribution in [-0.4, -0.2) is 12.5 Å². The van der Waals surface area contributed by atoms with E-state index < -0.39 is 0 Å². The number of carbonyl (C=O) groups excluding carboxylic acids is 1. The minimum Gasteiger partial charge on any atom is -0.352 e. The molecule has 50 valence electrons. The van der Waals surface area contributed by atoms with Crippen molar-refractivity contribution in [2.75, 3.05) is 6.54 Å². The number of hydrogen-bond donors (Lipinski definition) is 1. The average Bonchev–Trinajstić information content (AvgIpc) is 1.88. The zero-order chi connectivity index (χ0) is 6.69. The summed E-state index contributed by atoms with van der Waals surface area (Å²) in [5.41, 5.74) is 1.26. The molecule has 1 N–H and O–H groups in total. The first-order valence-corrected chi connectivity index (χ1v) is 3.30. The van der Waals surface area contributed by atoms with E-state index in [0.29, 0.717) is 0 Å². The van der Waals surface area contributed by atoms with Crippen LogP contribution in [0.5, 0.6) is 0 Å². The van der Waals surface area contributed by atoms with Gasteiger partial charge in [-0.15, -0.1) is 0 Å². The Bertz CT molecular complexity index is 149. The number of carbonyl (C=O) groups is 1. The molecule has 9 heavy (non-hydrogen) atoms. The lowest BCUT2D eigenvalue weighted by molar-refractivity contribution is -0.116. The molecule has 0 spiro atoms. The van der Waals surface area contributed by atoms with Crippen LogP contribution < -0.4 is 5.32 Å². The molecule has 0 atom stereocenters. The first-order chi connectivity index (χ1) is 4.33. The van der Waals surface area contributed by atoms with Gasteiger partial charge in [-0.1, -0.05) is 12.5 Å². The van der Waals surface area contributed by atoms with Crippen LogP contribution in [0.25, 0.3) is 0 Å². The maximum absolute atomic E-state index is 10.6. The molecule has 1 amide bonds. The Morgan fingerprint density at radius 1 is 1.78 bits per heavy atom. The van der Waals surface area contributed by atoms with Crippen molar-refractivity contribution in [3.63, 3.8) is 0 Å². The summed E-state index contributed by atoms with van der Waals surface area (Å²) in [6, 6.07) is 0. The molecule has 0 saturated carbocycles. The van der Waals surface area contributed by atoms with Gasteiger partial charge in [0, 0.05) is 12.6 Å². The van der Waals surface area contributed by atoms with Gasteiger partial charge in [-0.2, -0.15) is 0 Å². The summed E-state index contributed by atoms with van der Waals surface area (Å²) in [6.45, 7) is 2.89. The summed E-state index contributed by atoms with van der Waals surface area (Å²) >= 11 is 0. The monoisotopic (exact) mass is 125 g/mol. The molecule has 1 rings (SSSR count). The largest absolute Gasteiger partial charge is 0.352 e. The van der Waals surface area contributed by atoms with E-state index in [2.05, 4.69) is 12.2 Å². The highest BCUT2D eigenvalue weighted by Crippen LogP contribution is 2.07. The third-order valence-corrected chi connectivity index (χ3v) is 1.53. The molecule has 2 heteroatoms. The Balaban J connectivity index is 2.59. The van der Waals surface area contributed by atoms with E-state index in [1.165, 1.54) is 5.57 Å². The van der Waals surface area contributed by atoms with Crippen LogP contribution in [0.3, 0.4) is 0 Å². The van der Waals surface area contributed by atoms with E-state index in [9.17, 15) is 4.79 Å². The van der Waals surface area contributed by atoms with Crippen LogP contribution >= 0.6 is 0 Å². The van der Waals surface area contributed by atoms with Gasteiger partial charge in [0.05, 0.1) is 0 Å². The highest BCUT2D eigenvalue weighted by molar-refractivity contribution is 5.89. The van der Waals surface area contributed by atoms with E-state index >= 15 is 0 Å². The molecule has 0 bridgehead atoms. The lowest BCUT2D eigenvalue weighted by atomic mass is 10.1. The average molecular weight is 125 g/mol. The topological polar surface area (TPSA) is 29.1 Å². The number of amides is 1. The minimum atomic E-state index is 0.0677. The Kier molecular flexibility index (Phi) is 1.88. The fourth-order valence-corrected chi connectivity index (χ4v) is 0.934. The van der Waals surface area contributed by atoms with Gasteiger partial charge in [-0.25, -0.2) is 0 Å². The number of nitrogens with one attached hydrogen (secondary N) is 1. The minimum absolute atomic E-state index is 0.0677. The highest BCUT2D eigenvalue weighted by Gasteiger charge is 2.05. The van der Waals surface area contributed by atoms with E-state index in [1.54, 1.807) is 6.08 Å². The molecule has 0 radical (unpaired) electrons. The van der Waals surface area contributed by atoms with E-state index in [1.807, 2.05) is 0 Å². The van der Waals surface area contributed by atoms with Gasteiger partial charge in [0.15, 0.2) is 0 Å². The molecule has 0 unspecified atom stereocenters. The summed E-state index contributed by atoms with van der Waals surface area (Å²) in [7, 11) is 0. The smallest absolute Gasteiger partial charge is 0.243 e. The zero-order valence-electron chi connectivity index (χ0n) is 5.61. The summed E-state index contributed by atoms with van der Waals surface area (Å²) in [4.78, 5) is 10.6. The van der Waals surface area contributed by atoms with E-state index in [4.69, 9.17) is 0 Å². The fourth-order valence-electron chi connectivity index (χ4n) is 0.934. The molecule has 1 aliphatic heterocycles. The molecule has 0 saturated heterocycles. The fraction of sp³-hybridized carbons (Fsp3) is 0.571. The van der Waals surface area contributed by atoms with Gasteiger partial charge >= 0.3 is 0 Å². The van der Waals surface area contributed by atoms with Crippen molar-refractivity contribution in [3.8, 4) is 0 Å². The first kappa shape index (κ1) is 6.33. The third kappa shape index (κ3) is 1.56. The normalized spacial score (nSPS) is 18.8. The molecule has 1 heterocycles. The van der Waals surface area contributed by atoms with Gasteiger partial charge in [-0.3, -0.25) is 4.79 Å². The molecule has 0 aromatic rings. The molecule has 0 aromatic heterocycles. The molecule has 1 aliphatic rings. The lowest BCUT2D eigenvalue weighted by Crippen LogP contribution is -2.26. The van der Waals surface area contributed by atoms with Crippen molar-refractivity contribution in [3.05, 3.63) is 11.6 Å². The van der Waals surface area contributed by atoms with Crippen molar-refractivity contribution < 1.29 is 4.79 Å². The third-order valence-electron chi connectivity index (χ3n) is 1.53. The van der Waals surface area contributed by atoms with Crippen LogP contribution in [0.4, 0.5) is 0 Å². The maximum atomic E-state index is 10.6. The molecular weight excluding hydrogens is 114 g/mol. The zero-order valence-corrected chi connectivity index (χ0v) is 5.61. The summed E-state index contributed by atoms with van der Waals surface area (Å²) in [5.74, 6) is 0.0677. The van der Waals surface area contributed by atoms with Gasteiger partial charge in [0.1, 0.15) is 0 Å². The number of hydrogen-bond acceptors (Lipinski definition) is 1. The van der Waals surface area contributed by atoms with Gasteiger partial charge < -0.3 is 5.32 Å². The van der Waals surface area contributed by atoms with Crippen molar-refractivity contribution in [2.24, 2.45) is 0 Å². The van der Waals surface area contributed by atoms with Crippen molar-refractivity contribution in [1.29, 1.82) is 0 Å². The summed E-state index contributed by atoms with van der Waals surface area (Å²) in [5, 5.41) is 2.73. The van der Waals surface area contributed by atoms with Gasteiger partial charge in [-0.05, 0) is 12.8 Å². The second-order valence-electron chi connectivity index (χ2n) is 2.20. The Morgan fingerprint density at radius 2 is 2.56 bits per heavy atom. The SMILES string of the molecule is CCC1=CC(=O)NCC1. The predicted molar refractivity (Wildman–Crippen MR) is 36.0 cm³/mol. The standard InChI is InChI=1S/C7H11NO/c1-2-6-3-4-8-7(9)5-6/h5H,2-4H2,1H3,(H,8,9). The van der Waals surface area contributed by atoms with E-state index in [-0.39, 0.29) is 5.91 Å². The molecular formula is C7H11NO. The second kappa shape index (κ2) is 2.67. The maximum Gasteiger partial charge on any atom is 0.243 e. The molecule has 0 aromatic carbocycles. The van der Waals surface area contributed by atoms with Crippen molar-refractivity contribution in [1.82, 2.24) is 5.32 Å². The summed E-state index contributed by atoms with van der Waals surface area (Å²) in [6.07, 6.45) is 3.74. The van der Waals surface area contributed by atoms with Crippen molar-refractivity contribution >= 4 is 5.91 Å². The summed E-state index contributed by atoms with van der Waals surface area (Å²) < 4.78 is 0. The highest BCUT2D eigenvalue weighted by atomic mass is 16.1. The Morgan fingerprint density at radius 3 is 3.00 bits per heavy atom. The van der Waals surface area contributed by atoms with Gasteiger partial charge in [0.2, 0.25) is 5.91 Å². The predicted octanol–water partition coefficient (Wildman–Crippen LogP) is 0.843. The van der Waals surface area contributed by atoms with Crippen LogP contribution in [0.1, 0.15) is 19.8 Å². The van der Waals surface area contributed by atoms with Crippen LogP contribution in [-0.2, 0) is 4.79 Å². The van der Waals surface area contributed by atoms with Gasteiger partial charge in [0.25, 0.3) is 0 Å². The van der Waals surface area contributed by atoms with Crippen LogP contribution in [0.15, 0.2) is 11.6 Å². The molecule has 2 nitrogen and oxygen atoms in total. The quantitative estimate of drug-likeness (QED) is 0.553. The lowest BCUT2D eigenvalue weighted by Gasteiger charge is -2.10. The van der Waals surface area contributed by atoms with Crippen molar-refractivity contribution in [2.45, 2.75) is 19.8 Å².